The first-order chi connectivity index (χ1) is 16.0. The molecule has 1 aliphatic rings. The topological polar surface area (TPSA) is 88.6 Å². The van der Waals surface area contributed by atoms with Crippen molar-refractivity contribution in [2.45, 2.75) is 52.1 Å². The lowest BCUT2D eigenvalue weighted by Crippen LogP contribution is -2.40. The number of carbonyl (C=O) groups excluding carboxylic acids is 2. The van der Waals surface area contributed by atoms with Gasteiger partial charge in [-0.15, -0.1) is 0 Å². The van der Waals surface area contributed by atoms with E-state index < -0.39 is 0 Å². The smallest absolute Gasteiger partial charge is 0.255 e. The van der Waals surface area contributed by atoms with E-state index in [4.69, 9.17) is 10.2 Å². The first-order valence-electron chi connectivity index (χ1n) is 11.9. The van der Waals surface area contributed by atoms with Gasteiger partial charge in [-0.25, -0.2) is 0 Å². The molecule has 0 aliphatic carbocycles. The van der Waals surface area contributed by atoms with E-state index in [1.807, 2.05) is 36.4 Å². The fourth-order valence-electron chi connectivity index (χ4n) is 4.66. The lowest BCUT2D eigenvalue weighted by Gasteiger charge is -2.31. The van der Waals surface area contributed by atoms with Crippen LogP contribution in [0.5, 0.6) is 0 Å². The van der Waals surface area contributed by atoms with Crippen molar-refractivity contribution < 1.29 is 14.0 Å². The maximum Gasteiger partial charge on any atom is 0.255 e. The fraction of sp³-hybridized carbons (Fsp3) is 0.407. The Balaban J connectivity index is 1.43. The van der Waals surface area contributed by atoms with E-state index >= 15 is 0 Å². The van der Waals surface area contributed by atoms with Gasteiger partial charge in [0, 0.05) is 31.4 Å². The van der Waals surface area contributed by atoms with Crippen molar-refractivity contribution in [2.75, 3.05) is 13.1 Å². The first-order valence-corrected chi connectivity index (χ1v) is 11.9. The Morgan fingerprint density at radius 2 is 1.97 bits per heavy atom. The molecule has 33 heavy (non-hydrogen) atoms. The number of benzene rings is 2. The quantitative estimate of drug-likeness (QED) is 0.509. The molecule has 1 aliphatic heterocycles. The summed E-state index contributed by atoms with van der Waals surface area (Å²) in [6.45, 7) is 5.04. The zero-order valence-electron chi connectivity index (χ0n) is 19.3. The molecule has 2 heterocycles. The number of rotatable bonds is 9. The molecule has 1 saturated heterocycles. The minimum Gasteiger partial charge on any atom is -0.460 e. The van der Waals surface area contributed by atoms with E-state index in [-0.39, 0.29) is 17.7 Å². The van der Waals surface area contributed by atoms with Crippen LogP contribution in [0.2, 0.25) is 0 Å². The highest BCUT2D eigenvalue weighted by molar-refractivity contribution is 6.07. The summed E-state index contributed by atoms with van der Waals surface area (Å²) in [5.41, 5.74) is 9.14. The second kappa shape index (κ2) is 10.7. The van der Waals surface area contributed by atoms with E-state index in [0.717, 1.165) is 67.5 Å². The number of hydrogen-bond acceptors (Lipinski definition) is 4. The number of furan rings is 1. The number of nitrogens with zero attached hydrogens (tertiary/aromatic N) is 1. The van der Waals surface area contributed by atoms with Gasteiger partial charge in [0.2, 0.25) is 5.91 Å². The molecule has 174 valence electrons. The van der Waals surface area contributed by atoms with Crippen LogP contribution in [-0.2, 0) is 24.3 Å². The Kier molecular flexibility index (Phi) is 7.45. The summed E-state index contributed by atoms with van der Waals surface area (Å²) in [7, 11) is 0. The molecule has 2 amide bonds. The van der Waals surface area contributed by atoms with E-state index in [1.54, 1.807) is 0 Å². The highest BCUT2D eigenvalue weighted by Crippen LogP contribution is 2.27. The minimum atomic E-state index is -0.207. The molecule has 2 aromatic carbocycles. The molecule has 1 atom stereocenters. The van der Waals surface area contributed by atoms with Gasteiger partial charge in [-0.1, -0.05) is 55.8 Å². The maximum absolute atomic E-state index is 13.2. The summed E-state index contributed by atoms with van der Waals surface area (Å²) in [6.07, 6.45) is 4.64. The van der Waals surface area contributed by atoms with Crippen molar-refractivity contribution in [3.63, 3.8) is 0 Å². The predicted octanol–water partition coefficient (Wildman–Crippen LogP) is 4.40. The van der Waals surface area contributed by atoms with Gasteiger partial charge in [0.05, 0.1) is 11.5 Å². The number of hydrogen-bond donors (Lipinski definition) is 2. The van der Waals surface area contributed by atoms with Crippen LogP contribution < -0.4 is 11.1 Å². The van der Waals surface area contributed by atoms with Crippen LogP contribution in [0, 0.1) is 5.92 Å². The summed E-state index contributed by atoms with van der Waals surface area (Å²) in [5.74, 6) is 0.393. The van der Waals surface area contributed by atoms with Gasteiger partial charge in [0.15, 0.2) is 0 Å². The van der Waals surface area contributed by atoms with Crippen LogP contribution in [0.4, 0.5) is 0 Å². The average molecular weight is 448 g/mol. The minimum absolute atomic E-state index is 0.0621. The lowest BCUT2D eigenvalue weighted by molar-refractivity contribution is -0.123. The summed E-state index contributed by atoms with van der Waals surface area (Å²) < 4.78 is 6.00. The molecule has 6 nitrogen and oxygen atoms in total. The molecule has 3 aromatic rings. The molecule has 0 radical (unpaired) electrons. The van der Waals surface area contributed by atoms with Crippen LogP contribution in [-0.4, -0.2) is 29.8 Å². The Morgan fingerprint density at radius 3 is 2.79 bits per heavy atom. The van der Waals surface area contributed by atoms with E-state index in [0.29, 0.717) is 18.7 Å². The number of nitrogens with two attached hydrogens (primary N) is 1. The van der Waals surface area contributed by atoms with Crippen LogP contribution in [0.3, 0.4) is 0 Å². The van der Waals surface area contributed by atoms with Crippen LogP contribution >= 0.6 is 0 Å². The third kappa shape index (κ3) is 5.63. The molecule has 1 aromatic heterocycles. The highest BCUT2D eigenvalue weighted by Gasteiger charge is 2.24. The summed E-state index contributed by atoms with van der Waals surface area (Å²) in [6, 6.07) is 16.0. The van der Waals surface area contributed by atoms with Crippen LogP contribution in [0.1, 0.15) is 59.9 Å². The standard InChI is InChI=1S/C27H33N3O3/c1-2-3-12-24-25(22-11-4-5-13-23(22)33-24)27(32)29-16-19-8-6-9-20(15-19)17-30-14-7-10-21(18-30)26(28)31/h4-6,8-9,11,13,15,21H,2-3,7,10,12,14,16-18H2,1H3,(H2,28,31)(H,29,32). The summed E-state index contributed by atoms with van der Waals surface area (Å²) in [4.78, 5) is 27.0. The van der Waals surface area contributed by atoms with Crippen LogP contribution in [0.25, 0.3) is 11.0 Å². The van der Waals surface area contributed by atoms with E-state index in [9.17, 15) is 9.59 Å². The number of unbranched alkanes of at least 4 members (excludes halogenated alkanes) is 1. The SMILES string of the molecule is CCCCc1oc2ccccc2c1C(=O)NCc1cccc(CN2CCCC(C(N)=O)C2)c1. The van der Waals surface area contributed by atoms with Gasteiger partial charge in [-0.05, 0) is 43.0 Å². The average Bonchev–Trinajstić information content (AvgIpc) is 3.20. The highest BCUT2D eigenvalue weighted by atomic mass is 16.3. The van der Waals surface area contributed by atoms with Crippen LogP contribution in [0.15, 0.2) is 52.9 Å². The fourth-order valence-corrected chi connectivity index (χ4v) is 4.66. The molecule has 3 N–H and O–H groups in total. The number of likely N-dealkylation sites (tertiary alicyclic amines) is 1. The van der Waals surface area contributed by atoms with Gasteiger partial charge in [0.25, 0.3) is 5.91 Å². The van der Waals surface area contributed by atoms with Crippen molar-refractivity contribution >= 4 is 22.8 Å². The van der Waals surface area contributed by atoms with Gasteiger partial charge in [-0.2, -0.15) is 0 Å². The zero-order chi connectivity index (χ0) is 23.2. The number of amides is 2. The second-order valence-corrected chi connectivity index (χ2v) is 8.98. The van der Waals surface area contributed by atoms with Crippen molar-refractivity contribution in [3.8, 4) is 0 Å². The van der Waals surface area contributed by atoms with Gasteiger partial charge >= 0.3 is 0 Å². The number of aryl methyl sites for hydroxylation is 1. The monoisotopic (exact) mass is 447 g/mol. The third-order valence-electron chi connectivity index (χ3n) is 6.41. The third-order valence-corrected chi connectivity index (χ3v) is 6.41. The molecule has 0 bridgehead atoms. The Labute approximate surface area is 195 Å². The molecule has 1 fully saturated rings. The molecule has 0 spiro atoms. The maximum atomic E-state index is 13.2. The van der Waals surface area contributed by atoms with Crippen molar-refractivity contribution in [3.05, 3.63) is 71.0 Å². The Hall–Kier alpha value is -3.12. The zero-order valence-corrected chi connectivity index (χ0v) is 19.3. The molecule has 0 saturated carbocycles. The van der Waals surface area contributed by atoms with Gasteiger partial charge in [-0.3, -0.25) is 14.5 Å². The summed E-state index contributed by atoms with van der Waals surface area (Å²) >= 11 is 0. The number of piperidine rings is 1. The van der Waals surface area contributed by atoms with E-state index in [2.05, 4.69) is 29.3 Å². The second-order valence-electron chi connectivity index (χ2n) is 8.98. The molecule has 4 rings (SSSR count). The van der Waals surface area contributed by atoms with Crippen molar-refractivity contribution in [1.29, 1.82) is 0 Å². The molecule has 1 unspecified atom stereocenters. The number of carbonyl (C=O) groups is 2. The van der Waals surface area contributed by atoms with Gasteiger partial charge in [0.1, 0.15) is 11.3 Å². The normalized spacial score (nSPS) is 16.7. The van der Waals surface area contributed by atoms with E-state index in [1.165, 1.54) is 5.56 Å². The molecule has 6 heteroatoms. The predicted molar refractivity (Wildman–Crippen MR) is 130 cm³/mol. The Bertz CT molecular complexity index is 1120. The number of fused-ring (bicyclic) bond motifs is 1. The Morgan fingerprint density at radius 1 is 1.15 bits per heavy atom. The largest absolute Gasteiger partial charge is 0.460 e. The van der Waals surface area contributed by atoms with Gasteiger partial charge < -0.3 is 15.5 Å². The lowest BCUT2D eigenvalue weighted by atomic mass is 9.97. The van der Waals surface area contributed by atoms with Crippen molar-refractivity contribution in [2.24, 2.45) is 11.7 Å². The summed E-state index contributed by atoms with van der Waals surface area (Å²) in [5, 5.41) is 3.95. The number of nitrogens with one attached hydrogen (secondary N) is 1. The number of primary amides is 1. The first kappa shape index (κ1) is 23.1. The number of para-hydroxylation sites is 1. The molecular weight excluding hydrogens is 414 g/mol. The van der Waals surface area contributed by atoms with Crippen molar-refractivity contribution in [1.82, 2.24) is 10.2 Å². The molecular formula is C27H33N3O3.